The van der Waals surface area contributed by atoms with Crippen LogP contribution in [0.4, 0.5) is 0 Å². The van der Waals surface area contributed by atoms with Crippen molar-refractivity contribution in [3.63, 3.8) is 0 Å². The van der Waals surface area contributed by atoms with E-state index in [4.69, 9.17) is 14.7 Å². The highest BCUT2D eigenvalue weighted by atomic mass is 16.5. The van der Waals surface area contributed by atoms with Gasteiger partial charge in [-0.3, -0.25) is 0 Å². The van der Waals surface area contributed by atoms with Gasteiger partial charge in [0.25, 0.3) is 0 Å². The van der Waals surface area contributed by atoms with Gasteiger partial charge >= 0.3 is 5.97 Å². The van der Waals surface area contributed by atoms with Crippen LogP contribution in [0.3, 0.4) is 0 Å². The van der Waals surface area contributed by atoms with E-state index >= 15 is 0 Å². The van der Waals surface area contributed by atoms with E-state index in [0.29, 0.717) is 17.9 Å². The molecular formula is C12H13NO3. The Bertz CT molecular complexity index is 392. The number of carbonyl (C=O) groups excluding carboxylic acids is 1. The highest BCUT2D eigenvalue weighted by molar-refractivity contribution is 5.89. The summed E-state index contributed by atoms with van der Waals surface area (Å²) in [6, 6.07) is 8.45. The SMILES string of the molecule is CCOC(=O)c1ccc(OC(C)C#N)cc1. The number of carbonyl (C=O) groups is 1. The molecule has 16 heavy (non-hydrogen) atoms. The molecule has 0 spiro atoms. The van der Waals surface area contributed by atoms with Gasteiger partial charge < -0.3 is 9.47 Å². The van der Waals surface area contributed by atoms with Crippen LogP contribution >= 0.6 is 0 Å². The first kappa shape index (κ1) is 12.1. The third kappa shape index (κ3) is 3.28. The van der Waals surface area contributed by atoms with Crippen molar-refractivity contribution in [2.75, 3.05) is 6.61 Å². The van der Waals surface area contributed by atoms with Crippen molar-refractivity contribution >= 4 is 5.97 Å². The molecule has 84 valence electrons. The highest BCUT2D eigenvalue weighted by Gasteiger charge is 2.07. The molecule has 1 atom stereocenters. The maximum Gasteiger partial charge on any atom is 0.338 e. The first-order valence-corrected chi connectivity index (χ1v) is 5.00. The average molecular weight is 219 g/mol. The number of esters is 1. The van der Waals surface area contributed by atoms with Gasteiger partial charge in [0, 0.05) is 0 Å². The molecule has 1 unspecified atom stereocenters. The molecule has 1 aromatic rings. The first-order chi connectivity index (χ1) is 7.67. The zero-order valence-electron chi connectivity index (χ0n) is 9.27. The van der Waals surface area contributed by atoms with Gasteiger partial charge in [0.1, 0.15) is 11.8 Å². The Hall–Kier alpha value is -2.02. The van der Waals surface area contributed by atoms with Gasteiger partial charge in [-0.25, -0.2) is 4.79 Å². The Kier molecular flexibility index (Phi) is 4.34. The minimum absolute atomic E-state index is 0.350. The van der Waals surface area contributed by atoms with Crippen molar-refractivity contribution in [1.82, 2.24) is 0 Å². The van der Waals surface area contributed by atoms with Gasteiger partial charge in [-0.2, -0.15) is 5.26 Å². The summed E-state index contributed by atoms with van der Waals surface area (Å²) in [6.45, 7) is 3.76. The second kappa shape index (κ2) is 5.76. The molecule has 1 aromatic carbocycles. The molecule has 0 radical (unpaired) electrons. The average Bonchev–Trinajstić information content (AvgIpc) is 2.30. The summed E-state index contributed by atoms with van der Waals surface area (Å²) in [5.41, 5.74) is 0.471. The van der Waals surface area contributed by atoms with E-state index in [-0.39, 0.29) is 5.97 Å². The van der Waals surface area contributed by atoms with Crippen LogP contribution in [0.1, 0.15) is 24.2 Å². The molecule has 4 heteroatoms. The molecule has 0 fully saturated rings. The summed E-state index contributed by atoms with van der Waals surface area (Å²) in [7, 11) is 0. The van der Waals surface area contributed by atoms with Crippen molar-refractivity contribution in [1.29, 1.82) is 5.26 Å². The third-order valence-electron chi connectivity index (χ3n) is 1.86. The second-order valence-electron chi connectivity index (χ2n) is 3.13. The van der Waals surface area contributed by atoms with Crippen LogP contribution in [-0.4, -0.2) is 18.7 Å². The summed E-state index contributed by atoms with van der Waals surface area (Å²) in [4.78, 5) is 11.3. The third-order valence-corrected chi connectivity index (χ3v) is 1.86. The number of benzene rings is 1. The number of nitrogens with zero attached hydrogens (tertiary/aromatic N) is 1. The van der Waals surface area contributed by atoms with Gasteiger partial charge in [0.05, 0.1) is 12.2 Å². The number of hydrogen-bond donors (Lipinski definition) is 0. The van der Waals surface area contributed by atoms with E-state index in [2.05, 4.69) is 0 Å². The van der Waals surface area contributed by atoms with Gasteiger partial charge in [-0.1, -0.05) is 0 Å². The van der Waals surface area contributed by atoms with Crippen LogP contribution in [0.25, 0.3) is 0 Å². The summed E-state index contributed by atoms with van der Waals surface area (Å²) in [5.74, 6) is 0.199. The quantitative estimate of drug-likeness (QED) is 0.728. The molecule has 0 aliphatic carbocycles. The predicted octanol–water partition coefficient (Wildman–Crippen LogP) is 2.15. The van der Waals surface area contributed by atoms with Crippen LogP contribution in [-0.2, 0) is 4.74 Å². The molecule has 0 aliphatic rings. The lowest BCUT2D eigenvalue weighted by Gasteiger charge is -2.07. The van der Waals surface area contributed by atoms with Crippen LogP contribution in [0, 0.1) is 11.3 Å². The molecular weight excluding hydrogens is 206 g/mol. The summed E-state index contributed by atoms with van der Waals surface area (Å²) in [6.07, 6.45) is -0.506. The molecule has 0 aromatic heterocycles. The molecule has 0 aliphatic heterocycles. The summed E-state index contributed by atoms with van der Waals surface area (Å²) in [5, 5.41) is 8.56. The number of rotatable bonds is 4. The van der Waals surface area contributed by atoms with E-state index in [0.717, 1.165) is 0 Å². The lowest BCUT2D eigenvalue weighted by molar-refractivity contribution is 0.0526. The second-order valence-corrected chi connectivity index (χ2v) is 3.13. The molecule has 0 bridgehead atoms. The number of nitriles is 1. The van der Waals surface area contributed by atoms with Crippen molar-refractivity contribution in [3.05, 3.63) is 29.8 Å². The lowest BCUT2D eigenvalue weighted by Crippen LogP contribution is -2.08. The number of hydrogen-bond acceptors (Lipinski definition) is 4. The fourth-order valence-corrected chi connectivity index (χ4v) is 1.11. The standard InChI is InChI=1S/C12H13NO3/c1-3-15-12(14)10-4-6-11(7-5-10)16-9(2)8-13/h4-7,9H,3H2,1-2H3. The van der Waals surface area contributed by atoms with Crippen molar-refractivity contribution in [2.24, 2.45) is 0 Å². The molecule has 4 nitrogen and oxygen atoms in total. The Labute approximate surface area is 94.4 Å². The van der Waals surface area contributed by atoms with E-state index < -0.39 is 6.10 Å². The van der Waals surface area contributed by atoms with Crippen molar-refractivity contribution in [2.45, 2.75) is 20.0 Å². The molecule has 0 saturated carbocycles. The minimum Gasteiger partial charge on any atom is -0.476 e. The topological polar surface area (TPSA) is 59.3 Å². The molecule has 0 N–H and O–H groups in total. The Balaban J connectivity index is 2.68. The van der Waals surface area contributed by atoms with Crippen LogP contribution in [0.5, 0.6) is 5.75 Å². The molecule has 0 heterocycles. The van der Waals surface area contributed by atoms with Crippen molar-refractivity contribution < 1.29 is 14.3 Å². The van der Waals surface area contributed by atoms with Gasteiger partial charge in [-0.05, 0) is 38.1 Å². The summed E-state index contributed by atoms with van der Waals surface area (Å²) >= 11 is 0. The van der Waals surface area contributed by atoms with E-state index in [1.165, 1.54) is 0 Å². The van der Waals surface area contributed by atoms with Gasteiger partial charge in [-0.15, -0.1) is 0 Å². The van der Waals surface area contributed by atoms with Crippen LogP contribution in [0.15, 0.2) is 24.3 Å². The highest BCUT2D eigenvalue weighted by Crippen LogP contribution is 2.14. The monoisotopic (exact) mass is 219 g/mol. The molecule has 0 saturated heterocycles. The van der Waals surface area contributed by atoms with Gasteiger partial charge in [0.15, 0.2) is 6.10 Å². The van der Waals surface area contributed by atoms with E-state index in [9.17, 15) is 4.79 Å². The predicted molar refractivity (Wildman–Crippen MR) is 58.1 cm³/mol. The minimum atomic E-state index is -0.506. The van der Waals surface area contributed by atoms with E-state index in [1.807, 2.05) is 6.07 Å². The van der Waals surface area contributed by atoms with Crippen LogP contribution < -0.4 is 4.74 Å². The maximum atomic E-state index is 11.3. The maximum absolute atomic E-state index is 11.3. The Morgan fingerprint density at radius 2 is 2.06 bits per heavy atom. The number of ether oxygens (including phenoxy) is 2. The van der Waals surface area contributed by atoms with Crippen molar-refractivity contribution in [3.8, 4) is 11.8 Å². The lowest BCUT2D eigenvalue weighted by atomic mass is 10.2. The fourth-order valence-electron chi connectivity index (χ4n) is 1.11. The molecule has 1 rings (SSSR count). The Morgan fingerprint density at radius 1 is 1.44 bits per heavy atom. The summed E-state index contributed by atoms with van der Waals surface area (Å²) < 4.78 is 10.1. The molecule has 0 amide bonds. The first-order valence-electron chi connectivity index (χ1n) is 5.00. The zero-order chi connectivity index (χ0) is 12.0. The zero-order valence-corrected chi connectivity index (χ0v) is 9.27. The fraction of sp³-hybridized carbons (Fsp3) is 0.333. The largest absolute Gasteiger partial charge is 0.476 e. The normalized spacial score (nSPS) is 11.3. The van der Waals surface area contributed by atoms with Gasteiger partial charge in [0.2, 0.25) is 0 Å². The van der Waals surface area contributed by atoms with E-state index in [1.54, 1.807) is 38.1 Å². The smallest absolute Gasteiger partial charge is 0.338 e. The Morgan fingerprint density at radius 3 is 2.56 bits per heavy atom. The van der Waals surface area contributed by atoms with Crippen LogP contribution in [0.2, 0.25) is 0 Å².